The van der Waals surface area contributed by atoms with E-state index in [1.54, 1.807) is 12.1 Å². The predicted octanol–water partition coefficient (Wildman–Crippen LogP) is 5.59. The lowest BCUT2D eigenvalue weighted by Gasteiger charge is -2.18. The Hall–Kier alpha value is -2.21. The van der Waals surface area contributed by atoms with Crippen LogP contribution < -0.4 is 0 Å². The third kappa shape index (κ3) is 3.26. The number of rotatable bonds is 7. The van der Waals surface area contributed by atoms with Crippen LogP contribution >= 0.6 is 0 Å². The summed E-state index contributed by atoms with van der Waals surface area (Å²) in [7, 11) is 0. The quantitative estimate of drug-likeness (QED) is 0.652. The number of nitriles is 1. The van der Waals surface area contributed by atoms with Crippen LogP contribution in [-0.2, 0) is 18.3 Å². The van der Waals surface area contributed by atoms with Gasteiger partial charge in [0.25, 0.3) is 0 Å². The van der Waals surface area contributed by atoms with E-state index >= 15 is 0 Å². The number of benzene rings is 1. The maximum absolute atomic E-state index is 14.1. The minimum absolute atomic E-state index is 0.235. The summed E-state index contributed by atoms with van der Waals surface area (Å²) >= 11 is 0. The van der Waals surface area contributed by atoms with E-state index in [1.165, 1.54) is 31.0 Å². The molecule has 2 nitrogen and oxygen atoms in total. The van der Waals surface area contributed by atoms with Crippen LogP contribution in [0.3, 0.4) is 0 Å². The second-order valence-electron chi connectivity index (χ2n) is 7.53. The molecule has 2 aromatic rings. The highest BCUT2D eigenvalue weighted by atomic mass is 19.1. The largest absolute Gasteiger partial charge is 0.257 e. The Labute approximate surface area is 156 Å². The maximum Gasteiger partial charge on any atom is 0.127 e. The summed E-state index contributed by atoms with van der Waals surface area (Å²) in [6.45, 7) is 6.87. The molecule has 0 amide bonds. The van der Waals surface area contributed by atoms with Gasteiger partial charge in [0, 0.05) is 16.8 Å². The minimum Gasteiger partial charge on any atom is -0.257 e. The van der Waals surface area contributed by atoms with Crippen molar-refractivity contribution in [3.8, 4) is 6.07 Å². The van der Waals surface area contributed by atoms with Crippen LogP contribution in [0, 0.1) is 29.0 Å². The fourth-order valence-electron chi connectivity index (χ4n) is 4.78. The number of hydrogen-bond acceptors (Lipinski definition) is 2. The van der Waals surface area contributed by atoms with Crippen molar-refractivity contribution >= 4 is 0 Å². The second-order valence-corrected chi connectivity index (χ2v) is 7.53. The maximum atomic E-state index is 14.1. The van der Waals surface area contributed by atoms with E-state index in [9.17, 15) is 4.39 Å². The van der Waals surface area contributed by atoms with Crippen molar-refractivity contribution in [1.29, 1.82) is 5.26 Å². The monoisotopic (exact) mass is 350 g/mol. The van der Waals surface area contributed by atoms with Crippen LogP contribution in [0.1, 0.15) is 62.5 Å². The molecule has 0 spiro atoms. The van der Waals surface area contributed by atoms with E-state index < -0.39 is 0 Å². The van der Waals surface area contributed by atoms with E-state index in [0.29, 0.717) is 29.9 Å². The Bertz CT molecular complexity index is 823. The Morgan fingerprint density at radius 3 is 2.62 bits per heavy atom. The van der Waals surface area contributed by atoms with Gasteiger partial charge in [-0.1, -0.05) is 45.7 Å². The molecule has 26 heavy (non-hydrogen) atoms. The fraction of sp³-hybridized carbons (Fsp3) is 0.478. The van der Waals surface area contributed by atoms with Gasteiger partial charge in [-0.3, -0.25) is 4.98 Å². The molecule has 0 bridgehead atoms. The number of aromatic nitrogens is 1. The molecule has 1 saturated carbocycles. The zero-order chi connectivity index (χ0) is 18.7. The first-order chi connectivity index (χ1) is 12.6. The van der Waals surface area contributed by atoms with E-state index in [1.807, 2.05) is 12.1 Å². The predicted molar refractivity (Wildman–Crippen MR) is 102 cm³/mol. The van der Waals surface area contributed by atoms with Crippen molar-refractivity contribution in [2.75, 3.05) is 0 Å². The van der Waals surface area contributed by atoms with Crippen LogP contribution in [0.15, 0.2) is 36.4 Å². The van der Waals surface area contributed by atoms with Crippen LogP contribution in [0.2, 0.25) is 0 Å². The molecule has 3 rings (SSSR count). The lowest BCUT2D eigenvalue weighted by atomic mass is 9.90. The third-order valence-corrected chi connectivity index (χ3v) is 6.19. The minimum atomic E-state index is -0.301. The molecule has 0 radical (unpaired) electrons. The first-order valence-corrected chi connectivity index (χ1v) is 9.71. The summed E-state index contributed by atoms with van der Waals surface area (Å²) in [5.41, 5.74) is 3.48. The smallest absolute Gasteiger partial charge is 0.127 e. The number of aryl methyl sites for hydroxylation is 2. The first kappa shape index (κ1) is 18.6. The average Bonchev–Trinajstić information content (AvgIpc) is 3.24. The lowest BCUT2D eigenvalue weighted by molar-refractivity contribution is 0.511. The summed E-state index contributed by atoms with van der Waals surface area (Å²) < 4.78 is 14.1. The molecule has 136 valence electrons. The van der Waals surface area contributed by atoms with Crippen LogP contribution in [0.5, 0.6) is 0 Å². The van der Waals surface area contributed by atoms with Crippen LogP contribution in [-0.4, -0.2) is 4.98 Å². The molecule has 1 fully saturated rings. The van der Waals surface area contributed by atoms with Crippen molar-refractivity contribution in [2.24, 2.45) is 11.8 Å². The van der Waals surface area contributed by atoms with Gasteiger partial charge in [0.05, 0.1) is 11.6 Å². The molecule has 3 atom stereocenters. The summed E-state index contributed by atoms with van der Waals surface area (Å²) in [6.07, 6.45) is 4.87. The SMILES string of the molecule is CCCC1(c2cccc(CCc3ccc(C#N)cc3F)n2)C(C)C1CC. The number of halogens is 1. The molecule has 3 heteroatoms. The normalized spacial score (nSPS) is 24.3. The highest BCUT2D eigenvalue weighted by Gasteiger charge is 2.61. The Balaban J connectivity index is 1.77. The van der Waals surface area contributed by atoms with Crippen molar-refractivity contribution in [1.82, 2.24) is 4.98 Å². The first-order valence-electron chi connectivity index (χ1n) is 9.71. The number of nitrogens with zero attached hydrogens (tertiary/aromatic N) is 2. The lowest BCUT2D eigenvalue weighted by Crippen LogP contribution is -2.15. The zero-order valence-electron chi connectivity index (χ0n) is 15.9. The van der Waals surface area contributed by atoms with E-state index in [4.69, 9.17) is 10.2 Å². The molecule has 0 N–H and O–H groups in total. The average molecular weight is 350 g/mol. The summed E-state index contributed by atoms with van der Waals surface area (Å²) in [6, 6.07) is 13.0. The Kier molecular flexibility index (Phi) is 5.41. The Morgan fingerprint density at radius 1 is 1.19 bits per heavy atom. The molecule has 1 aliphatic carbocycles. The molecular formula is C23H27FN2. The molecule has 1 aromatic heterocycles. The third-order valence-electron chi connectivity index (χ3n) is 6.19. The van der Waals surface area contributed by atoms with Gasteiger partial charge in [0.2, 0.25) is 0 Å². The number of pyridine rings is 1. The van der Waals surface area contributed by atoms with Gasteiger partial charge in [-0.05, 0) is 60.9 Å². The highest BCUT2D eigenvalue weighted by molar-refractivity contribution is 5.34. The highest BCUT2D eigenvalue weighted by Crippen LogP contribution is 2.63. The summed E-state index contributed by atoms with van der Waals surface area (Å²) in [5.74, 6) is 1.11. The van der Waals surface area contributed by atoms with Gasteiger partial charge < -0.3 is 0 Å². The van der Waals surface area contributed by atoms with Crippen molar-refractivity contribution in [3.63, 3.8) is 0 Å². The van der Waals surface area contributed by atoms with Gasteiger partial charge in [-0.2, -0.15) is 5.26 Å². The second kappa shape index (κ2) is 7.58. The van der Waals surface area contributed by atoms with Crippen LogP contribution in [0.4, 0.5) is 4.39 Å². The molecule has 0 saturated heterocycles. The van der Waals surface area contributed by atoms with Gasteiger partial charge in [0.15, 0.2) is 0 Å². The van der Waals surface area contributed by atoms with Crippen molar-refractivity contribution in [3.05, 3.63) is 64.7 Å². The standard InChI is InChI=1S/C23H27FN2/c1-4-13-23(16(3)20(23)5-2)22-8-6-7-19(26-22)12-11-18-10-9-17(15-25)14-21(18)24/h6-10,14,16,20H,4-5,11-13H2,1-3H3. The van der Waals surface area contributed by atoms with Gasteiger partial charge >= 0.3 is 0 Å². The summed E-state index contributed by atoms with van der Waals surface area (Å²) in [5, 5.41) is 8.85. The van der Waals surface area contributed by atoms with E-state index in [-0.39, 0.29) is 11.2 Å². The molecule has 3 unspecified atom stereocenters. The molecule has 0 aliphatic heterocycles. The topological polar surface area (TPSA) is 36.7 Å². The van der Waals surface area contributed by atoms with Gasteiger partial charge in [-0.15, -0.1) is 0 Å². The van der Waals surface area contributed by atoms with Crippen molar-refractivity contribution in [2.45, 2.75) is 58.3 Å². The zero-order valence-corrected chi connectivity index (χ0v) is 15.9. The number of hydrogen-bond donors (Lipinski definition) is 0. The van der Waals surface area contributed by atoms with Crippen LogP contribution in [0.25, 0.3) is 0 Å². The molecule has 1 aromatic carbocycles. The Morgan fingerprint density at radius 2 is 2.00 bits per heavy atom. The van der Waals surface area contributed by atoms with E-state index in [2.05, 4.69) is 32.9 Å². The van der Waals surface area contributed by atoms with Gasteiger partial charge in [0.1, 0.15) is 5.82 Å². The molecule has 1 heterocycles. The fourth-order valence-corrected chi connectivity index (χ4v) is 4.78. The molecule has 1 aliphatic rings. The summed E-state index contributed by atoms with van der Waals surface area (Å²) in [4.78, 5) is 4.98. The van der Waals surface area contributed by atoms with Crippen molar-refractivity contribution < 1.29 is 4.39 Å². The molecular weight excluding hydrogens is 323 g/mol. The van der Waals surface area contributed by atoms with E-state index in [0.717, 1.165) is 11.6 Å². The van der Waals surface area contributed by atoms with Gasteiger partial charge in [-0.25, -0.2) is 4.39 Å².